The summed E-state index contributed by atoms with van der Waals surface area (Å²) < 4.78 is 6.05. The molecule has 166 valence electrons. The Balaban J connectivity index is 2.03. The molecule has 1 fully saturated rings. The van der Waals surface area contributed by atoms with Crippen molar-refractivity contribution in [2.45, 2.75) is 78.4 Å². The van der Waals surface area contributed by atoms with E-state index in [2.05, 4.69) is 19.9 Å². The van der Waals surface area contributed by atoms with Crippen LogP contribution in [0.15, 0.2) is 41.0 Å². The van der Waals surface area contributed by atoms with Crippen LogP contribution in [-0.4, -0.2) is 33.0 Å². The van der Waals surface area contributed by atoms with Gasteiger partial charge in [0.25, 0.3) is 0 Å². The summed E-state index contributed by atoms with van der Waals surface area (Å²) in [6.07, 6.45) is 8.37. The number of fused-ring (bicyclic) bond motifs is 2. The van der Waals surface area contributed by atoms with Crippen LogP contribution in [0.5, 0.6) is 11.5 Å². The van der Waals surface area contributed by atoms with Crippen molar-refractivity contribution in [2.75, 3.05) is 0 Å². The lowest BCUT2D eigenvalue weighted by Crippen LogP contribution is -2.45. The number of hydrogen-bond donors (Lipinski definition) is 2. The Bertz CT molecular complexity index is 1030. The Labute approximate surface area is 184 Å². The number of allylic oxidation sites excluding steroid dienone is 4. The monoisotopic (exact) mass is 424 g/mol. The normalized spacial score (nSPS) is 24.4. The second-order valence-corrected chi connectivity index (χ2v) is 9.27. The van der Waals surface area contributed by atoms with E-state index in [-0.39, 0.29) is 46.8 Å². The van der Waals surface area contributed by atoms with Crippen molar-refractivity contribution in [2.24, 2.45) is 0 Å². The lowest BCUT2D eigenvalue weighted by molar-refractivity contribution is 0.0837. The van der Waals surface area contributed by atoms with Crippen molar-refractivity contribution in [3.05, 3.63) is 57.7 Å². The molecule has 2 unspecified atom stereocenters. The van der Waals surface area contributed by atoms with Gasteiger partial charge in [0.05, 0.1) is 5.56 Å². The topological polar surface area (TPSA) is 87.1 Å². The number of rotatable bonds is 7. The highest BCUT2D eigenvalue weighted by Crippen LogP contribution is 2.61. The quantitative estimate of drug-likeness (QED) is 0.431. The summed E-state index contributed by atoms with van der Waals surface area (Å²) >= 11 is 0. The highest BCUT2D eigenvalue weighted by Gasteiger charge is 2.79. The molecule has 5 heteroatoms. The maximum absolute atomic E-state index is 13.5. The summed E-state index contributed by atoms with van der Waals surface area (Å²) in [7, 11) is 0. The Morgan fingerprint density at radius 1 is 0.935 bits per heavy atom. The van der Waals surface area contributed by atoms with Gasteiger partial charge >= 0.3 is 0 Å². The van der Waals surface area contributed by atoms with E-state index in [1.165, 1.54) is 18.6 Å². The van der Waals surface area contributed by atoms with Crippen LogP contribution in [0.3, 0.4) is 0 Å². The average Bonchev–Trinajstić information content (AvgIpc) is 3.38. The Hall–Kier alpha value is -2.66. The molecule has 1 aromatic carbocycles. The van der Waals surface area contributed by atoms with Crippen LogP contribution in [0.2, 0.25) is 0 Å². The molecule has 0 amide bonds. The Morgan fingerprint density at radius 2 is 1.52 bits per heavy atom. The molecule has 1 aliphatic heterocycles. The molecular formula is C26H32O5. The van der Waals surface area contributed by atoms with Gasteiger partial charge in [-0.1, -0.05) is 34.9 Å². The second-order valence-electron chi connectivity index (χ2n) is 9.27. The second kappa shape index (κ2) is 8.12. The van der Waals surface area contributed by atoms with Crippen molar-refractivity contribution < 1.29 is 24.5 Å². The maximum atomic E-state index is 13.5. The van der Waals surface area contributed by atoms with Gasteiger partial charge in [0.2, 0.25) is 5.78 Å². The van der Waals surface area contributed by atoms with Gasteiger partial charge in [0.1, 0.15) is 11.5 Å². The largest absolute Gasteiger partial charge is 0.508 e. The van der Waals surface area contributed by atoms with Crippen LogP contribution < -0.4 is 0 Å². The van der Waals surface area contributed by atoms with E-state index in [9.17, 15) is 19.8 Å². The van der Waals surface area contributed by atoms with Gasteiger partial charge in [-0.15, -0.1) is 0 Å². The van der Waals surface area contributed by atoms with Crippen LogP contribution >= 0.6 is 0 Å². The number of carbonyl (C=O) groups is 2. The standard InChI is InChI=1S/C26H32O5/c1-15(2)8-7-9-17(5)11-13-25-23(29)19-14-20(27)18(6)22(28)21(19)24(30)26(25,31-25)12-10-16(3)4/h8,10-11,14,27-28H,7,9,12-13H2,1-6H3. The highest BCUT2D eigenvalue weighted by atomic mass is 16.6. The third-order valence-corrected chi connectivity index (χ3v) is 6.32. The lowest BCUT2D eigenvalue weighted by Gasteiger charge is -2.25. The van der Waals surface area contributed by atoms with Crippen LogP contribution in [0.4, 0.5) is 0 Å². The number of phenols is 2. The Kier molecular flexibility index (Phi) is 6.03. The summed E-state index contributed by atoms with van der Waals surface area (Å²) in [5.41, 5.74) is 0.966. The molecule has 0 radical (unpaired) electrons. The smallest absolute Gasteiger partial charge is 0.202 e. The van der Waals surface area contributed by atoms with Gasteiger partial charge in [0, 0.05) is 24.0 Å². The van der Waals surface area contributed by atoms with E-state index in [1.807, 2.05) is 32.9 Å². The molecular weight excluding hydrogens is 392 g/mol. The van der Waals surface area contributed by atoms with E-state index < -0.39 is 17.0 Å². The summed E-state index contributed by atoms with van der Waals surface area (Å²) in [5, 5.41) is 20.7. The molecule has 0 saturated carbocycles. The molecule has 31 heavy (non-hydrogen) atoms. The zero-order valence-electron chi connectivity index (χ0n) is 19.3. The predicted octanol–water partition coefficient (Wildman–Crippen LogP) is 5.73. The molecule has 0 aromatic heterocycles. The number of ketones is 2. The number of aromatic hydroxyl groups is 2. The molecule has 2 N–H and O–H groups in total. The Morgan fingerprint density at radius 3 is 2.13 bits per heavy atom. The van der Waals surface area contributed by atoms with Crippen molar-refractivity contribution in [1.82, 2.24) is 0 Å². The van der Waals surface area contributed by atoms with E-state index in [1.54, 1.807) is 0 Å². The highest BCUT2D eigenvalue weighted by molar-refractivity contribution is 6.26. The molecule has 2 atom stereocenters. The first-order valence-corrected chi connectivity index (χ1v) is 10.7. The van der Waals surface area contributed by atoms with E-state index in [4.69, 9.17) is 4.74 Å². The summed E-state index contributed by atoms with van der Waals surface area (Å²) in [4.78, 5) is 27.1. The van der Waals surface area contributed by atoms with Crippen molar-refractivity contribution in [3.8, 4) is 11.5 Å². The number of phenolic OH excluding ortho intramolecular Hbond substituents is 2. The van der Waals surface area contributed by atoms with Gasteiger partial charge in [-0.05, 0) is 60.5 Å². The predicted molar refractivity (Wildman–Crippen MR) is 121 cm³/mol. The van der Waals surface area contributed by atoms with Crippen molar-refractivity contribution in [1.29, 1.82) is 0 Å². The average molecular weight is 425 g/mol. The van der Waals surface area contributed by atoms with Gasteiger partial charge in [-0.2, -0.15) is 0 Å². The SMILES string of the molecule is CC(C)=CCCC(C)=CCC12OC1(CC=C(C)C)C(=O)c1c(cc(O)c(C)c1O)C2=O. The fourth-order valence-corrected chi connectivity index (χ4v) is 4.27. The number of ether oxygens (including phenoxy) is 1. The molecule has 1 saturated heterocycles. The summed E-state index contributed by atoms with van der Waals surface area (Å²) in [6, 6.07) is 1.28. The van der Waals surface area contributed by atoms with E-state index in [0.29, 0.717) is 0 Å². The fourth-order valence-electron chi connectivity index (χ4n) is 4.27. The third kappa shape index (κ3) is 3.76. The van der Waals surface area contributed by atoms with Crippen molar-refractivity contribution in [3.63, 3.8) is 0 Å². The molecule has 1 aromatic rings. The first-order chi connectivity index (χ1) is 14.5. The van der Waals surface area contributed by atoms with Gasteiger partial charge in [-0.25, -0.2) is 0 Å². The molecule has 1 aliphatic carbocycles. The summed E-state index contributed by atoms with van der Waals surface area (Å²) in [6.45, 7) is 11.5. The van der Waals surface area contributed by atoms with Crippen LogP contribution in [-0.2, 0) is 4.74 Å². The van der Waals surface area contributed by atoms with E-state index in [0.717, 1.165) is 24.0 Å². The third-order valence-electron chi connectivity index (χ3n) is 6.32. The minimum Gasteiger partial charge on any atom is -0.508 e. The van der Waals surface area contributed by atoms with Crippen LogP contribution in [0.25, 0.3) is 0 Å². The van der Waals surface area contributed by atoms with Gasteiger partial charge in [0.15, 0.2) is 17.0 Å². The number of hydrogen-bond acceptors (Lipinski definition) is 5. The van der Waals surface area contributed by atoms with E-state index >= 15 is 0 Å². The number of epoxide rings is 1. The molecule has 2 aliphatic rings. The van der Waals surface area contributed by atoms with Crippen molar-refractivity contribution >= 4 is 11.6 Å². The van der Waals surface area contributed by atoms with Gasteiger partial charge < -0.3 is 14.9 Å². The minimum atomic E-state index is -1.31. The zero-order chi connectivity index (χ0) is 23.1. The van der Waals surface area contributed by atoms with Crippen LogP contribution in [0.1, 0.15) is 86.6 Å². The van der Waals surface area contributed by atoms with Crippen LogP contribution in [0, 0.1) is 6.92 Å². The molecule has 5 nitrogen and oxygen atoms in total. The van der Waals surface area contributed by atoms with Gasteiger partial charge in [-0.3, -0.25) is 9.59 Å². The molecule has 0 bridgehead atoms. The molecule has 1 heterocycles. The summed E-state index contributed by atoms with van der Waals surface area (Å²) in [5.74, 6) is -1.31. The maximum Gasteiger partial charge on any atom is 0.202 e. The molecule has 3 rings (SSSR count). The zero-order valence-corrected chi connectivity index (χ0v) is 19.3. The first kappa shape index (κ1) is 23.0. The lowest BCUT2D eigenvalue weighted by atomic mass is 9.70. The molecule has 0 spiro atoms. The number of Topliss-reactive ketones (excluding diaryl/α,β-unsaturated/α-hetero) is 2. The number of benzene rings is 1. The fraction of sp³-hybridized carbons (Fsp3) is 0.462. The number of carbonyl (C=O) groups excluding carboxylic acids is 2. The minimum absolute atomic E-state index is 0.0338. The first-order valence-electron chi connectivity index (χ1n) is 10.7.